The third kappa shape index (κ3) is 4.86. The summed E-state index contributed by atoms with van der Waals surface area (Å²) in [5.41, 5.74) is 10.2. The van der Waals surface area contributed by atoms with Crippen LogP contribution in [0.15, 0.2) is 29.4 Å². The van der Waals surface area contributed by atoms with E-state index >= 15 is 0 Å². The number of hydrogen-bond acceptors (Lipinski definition) is 6. The molecule has 0 spiro atoms. The van der Waals surface area contributed by atoms with Crippen molar-refractivity contribution in [2.45, 2.75) is 25.0 Å². The SMILES string of the molecule is CC1C(O)C(c2ccc(N(CCN=[N+]=[N-])CCOCC(=O)O)cc2)C1O. The first kappa shape index (κ1) is 20.0. The lowest BCUT2D eigenvalue weighted by Crippen LogP contribution is -2.51. The molecule has 0 aliphatic heterocycles. The van der Waals surface area contributed by atoms with E-state index in [1.54, 1.807) is 0 Å². The maximum atomic E-state index is 10.5. The average molecular weight is 364 g/mol. The number of azide groups is 1. The molecule has 2 unspecified atom stereocenters. The standard InChI is InChI=1S/C17H24N4O5/c1-11-16(24)15(17(11)25)12-2-4-13(5-3-12)21(7-6-19-20-18)8-9-26-10-14(22)23/h2-5,11,15-17,24-25H,6-10H2,1H3,(H,22,23). The summed E-state index contributed by atoms with van der Waals surface area (Å²) >= 11 is 0. The highest BCUT2D eigenvalue weighted by molar-refractivity contribution is 5.68. The van der Waals surface area contributed by atoms with Gasteiger partial charge in [-0.05, 0) is 23.2 Å². The molecular formula is C17H24N4O5. The molecule has 142 valence electrons. The molecule has 2 rings (SSSR count). The third-order valence-electron chi connectivity index (χ3n) is 4.72. The van der Waals surface area contributed by atoms with Gasteiger partial charge < -0.3 is 25.0 Å². The molecule has 1 aliphatic carbocycles. The van der Waals surface area contributed by atoms with Crippen LogP contribution >= 0.6 is 0 Å². The molecule has 1 aliphatic rings. The van der Waals surface area contributed by atoms with Gasteiger partial charge in [-0.2, -0.15) is 0 Å². The zero-order valence-corrected chi connectivity index (χ0v) is 14.6. The lowest BCUT2D eigenvalue weighted by Gasteiger charge is -2.45. The first-order valence-corrected chi connectivity index (χ1v) is 8.47. The molecule has 2 atom stereocenters. The molecule has 1 aromatic rings. The molecule has 1 aromatic carbocycles. The van der Waals surface area contributed by atoms with Crippen molar-refractivity contribution in [2.24, 2.45) is 11.0 Å². The fourth-order valence-electron chi connectivity index (χ4n) is 3.13. The van der Waals surface area contributed by atoms with E-state index in [0.29, 0.717) is 13.1 Å². The highest BCUT2D eigenvalue weighted by Crippen LogP contribution is 2.42. The maximum Gasteiger partial charge on any atom is 0.329 e. The predicted octanol–water partition coefficient (Wildman–Crippen LogP) is 1.36. The van der Waals surface area contributed by atoms with Crippen LogP contribution in [0, 0.1) is 5.92 Å². The Bertz CT molecular complexity index is 637. The van der Waals surface area contributed by atoms with Crippen molar-refractivity contribution in [3.05, 3.63) is 40.3 Å². The second-order valence-corrected chi connectivity index (χ2v) is 6.35. The maximum absolute atomic E-state index is 10.5. The first-order valence-electron chi connectivity index (χ1n) is 8.47. The minimum Gasteiger partial charge on any atom is -0.480 e. The van der Waals surface area contributed by atoms with Gasteiger partial charge in [-0.3, -0.25) is 0 Å². The van der Waals surface area contributed by atoms with E-state index in [1.165, 1.54) is 0 Å². The Kier molecular flexibility index (Phi) is 7.23. The Morgan fingerprint density at radius 2 is 1.92 bits per heavy atom. The van der Waals surface area contributed by atoms with Gasteiger partial charge in [0.2, 0.25) is 0 Å². The fraction of sp³-hybridized carbons (Fsp3) is 0.588. The molecule has 0 radical (unpaired) electrons. The van der Waals surface area contributed by atoms with E-state index in [-0.39, 0.29) is 31.6 Å². The van der Waals surface area contributed by atoms with E-state index in [1.807, 2.05) is 36.1 Å². The summed E-state index contributed by atoms with van der Waals surface area (Å²) in [7, 11) is 0. The smallest absolute Gasteiger partial charge is 0.329 e. The number of carbonyl (C=O) groups is 1. The number of hydrogen-bond donors (Lipinski definition) is 3. The van der Waals surface area contributed by atoms with Crippen LogP contribution in [-0.4, -0.2) is 66.3 Å². The largest absolute Gasteiger partial charge is 0.480 e. The summed E-state index contributed by atoms with van der Waals surface area (Å²) < 4.78 is 5.07. The molecule has 0 bridgehead atoms. The van der Waals surface area contributed by atoms with Crippen molar-refractivity contribution in [3.63, 3.8) is 0 Å². The van der Waals surface area contributed by atoms with Crippen LogP contribution in [0.25, 0.3) is 10.4 Å². The van der Waals surface area contributed by atoms with Gasteiger partial charge in [-0.15, -0.1) is 0 Å². The van der Waals surface area contributed by atoms with Crippen molar-refractivity contribution in [1.29, 1.82) is 0 Å². The Morgan fingerprint density at radius 1 is 1.27 bits per heavy atom. The van der Waals surface area contributed by atoms with Crippen LogP contribution in [-0.2, 0) is 9.53 Å². The Balaban J connectivity index is 2.01. The molecular weight excluding hydrogens is 340 g/mol. The zero-order chi connectivity index (χ0) is 19.1. The number of benzene rings is 1. The number of aliphatic carboxylic acids is 1. The molecule has 9 heteroatoms. The van der Waals surface area contributed by atoms with E-state index in [4.69, 9.17) is 15.4 Å². The number of anilines is 1. The van der Waals surface area contributed by atoms with E-state index in [9.17, 15) is 15.0 Å². The second-order valence-electron chi connectivity index (χ2n) is 6.35. The molecule has 9 nitrogen and oxygen atoms in total. The van der Waals surface area contributed by atoms with E-state index in [2.05, 4.69) is 10.0 Å². The Morgan fingerprint density at radius 3 is 2.50 bits per heavy atom. The average Bonchev–Trinajstić information content (AvgIpc) is 2.64. The number of carboxylic acids is 1. The van der Waals surface area contributed by atoms with Crippen LogP contribution in [0.1, 0.15) is 18.4 Å². The summed E-state index contributed by atoms with van der Waals surface area (Å²) in [6.07, 6.45) is -1.11. The van der Waals surface area contributed by atoms with Gasteiger partial charge in [-0.1, -0.05) is 24.2 Å². The summed E-state index contributed by atoms with van der Waals surface area (Å²) in [6.45, 7) is 2.86. The van der Waals surface area contributed by atoms with Gasteiger partial charge >= 0.3 is 5.97 Å². The van der Waals surface area contributed by atoms with Gasteiger partial charge in [0.15, 0.2) is 0 Å². The summed E-state index contributed by atoms with van der Waals surface area (Å²) in [5.74, 6) is -1.44. The second kappa shape index (κ2) is 9.40. The van der Waals surface area contributed by atoms with Crippen molar-refractivity contribution >= 4 is 11.7 Å². The van der Waals surface area contributed by atoms with Crippen molar-refractivity contribution in [3.8, 4) is 0 Å². The first-order chi connectivity index (χ1) is 12.5. The normalized spacial score (nSPS) is 24.4. The molecule has 1 saturated carbocycles. The molecule has 26 heavy (non-hydrogen) atoms. The summed E-state index contributed by atoms with van der Waals surface area (Å²) in [4.78, 5) is 15.2. The molecule has 0 aromatic heterocycles. The molecule has 0 saturated heterocycles. The highest BCUT2D eigenvalue weighted by Gasteiger charge is 2.46. The minimum atomic E-state index is -1.03. The Labute approximate surface area is 151 Å². The van der Waals surface area contributed by atoms with Crippen LogP contribution in [0.2, 0.25) is 0 Å². The van der Waals surface area contributed by atoms with Crippen molar-refractivity contribution in [1.82, 2.24) is 0 Å². The molecule has 0 heterocycles. The highest BCUT2D eigenvalue weighted by atomic mass is 16.5. The number of aliphatic hydroxyl groups excluding tert-OH is 2. The van der Waals surface area contributed by atoms with Gasteiger partial charge in [0.1, 0.15) is 6.61 Å². The number of carboxylic acid groups (broad SMARTS) is 1. The number of nitrogens with zero attached hydrogens (tertiary/aromatic N) is 4. The lowest BCUT2D eigenvalue weighted by atomic mass is 9.67. The Hall–Kier alpha value is -2.32. The molecule has 3 N–H and O–H groups in total. The third-order valence-corrected chi connectivity index (χ3v) is 4.72. The molecule has 1 fully saturated rings. The predicted molar refractivity (Wildman–Crippen MR) is 95.0 cm³/mol. The van der Waals surface area contributed by atoms with Crippen LogP contribution in [0.3, 0.4) is 0 Å². The van der Waals surface area contributed by atoms with Gasteiger partial charge in [0.25, 0.3) is 0 Å². The topological polar surface area (TPSA) is 139 Å². The summed E-state index contributed by atoms with van der Waals surface area (Å²) in [6, 6.07) is 7.45. The molecule has 0 amide bonds. The quantitative estimate of drug-likeness (QED) is 0.248. The van der Waals surface area contributed by atoms with E-state index < -0.39 is 18.2 Å². The van der Waals surface area contributed by atoms with Crippen LogP contribution < -0.4 is 4.90 Å². The van der Waals surface area contributed by atoms with Gasteiger partial charge in [0, 0.05) is 42.1 Å². The number of aliphatic hydroxyl groups is 2. The van der Waals surface area contributed by atoms with Crippen LogP contribution in [0.5, 0.6) is 0 Å². The zero-order valence-electron chi connectivity index (χ0n) is 14.6. The summed E-state index contributed by atoms with van der Waals surface area (Å²) in [5, 5.41) is 32.2. The number of rotatable bonds is 10. The minimum absolute atomic E-state index is 0.133. The van der Waals surface area contributed by atoms with Crippen molar-refractivity contribution < 1.29 is 24.9 Å². The van der Waals surface area contributed by atoms with Gasteiger partial charge in [0.05, 0.1) is 18.8 Å². The lowest BCUT2D eigenvalue weighted by molar-refractivity contribution is -0.142. The van der Waals surface area contributed by atoms with Gasteiger partial charge in [-0.25, -0.2) is 4.79 Å². The van der Waals surface area contributed by atoms with E-state index in [0.717, 1.165) is 11.3 Å². The van der Waals surface area contributed by atoms with Crippen LogP contribution in [0.4, 0.5) is 5.69 Å². The van der Waals surface area contributed by atoms with Crippen molar-refractivity contribution in [2.75, 3.05) is 37.7 Å². The monoisotopic (exact) mass is 364 g/mol. The number of ether oxygens (including phenoxy) is 1. The fourth-order valence-corrected chi connectivity index (χ4v) is 3.13.